The van der Waals surface area contributed by atoms with Crippen LogP contribution in [0.1, 0.15) is 6.42 Å². The van der Waals surface area contributed by atoms with Crippen molar-refractivity contribution in [2.45, 2.75) is 6.42 Å². The lowest BCUT2D eigenvalue weighted by molar-refractivity contribution is -0.139. The number of allylic oxidation sites excluding steroid dienone is 2. The summed E-state index contributed by atoms with van der Waals surface area (Å²) >= 11 is 0. The molecule has 4 atom stereocenters. The Labute approximate surface area is 132 Å². The number of aliphatic carboxylic acids is 1. The van der Waals surface area contributed by atoms with Crippen LogP contribution in [0.4, 0.5) is 5.69 Å². The highest BCUT2D eigenvalue weighted by Crippen LogP contribution is 2.53. The van der Waals surface area contributed by atoms with Crippen molar-refractivity contribution < 1.29 is 24.2 Å². The first-order valence-electron chi connectivity index (χ1n) is 7.57. The fourth-order valence-corrected chi connectivity index (χ4v) is 3.99. The van der Waals surface area contributed by atoms with Gasteiger partial charge in [0.15, 0.2) is 6.61 Å². The highest BCUT2D eigenvalue weighted by molar-refractivity contribution is 6.22. The molecule has 0 unspecified atom stereocenters. The van der Waals surface area contributed by atoms with E-state index in [1.807, 2.05) is 0 Å². The number of amides is 2. The summed E-state index contributed by atoms with van der Waals surface area (Å²) in [6.45, 7) is -0.430. The maximum atomic E-state index is 12.6. The third kappa shape index (κ3) is 2.05. The number of benzene rings is 1. The summed E-state index contributed by atoms with van der Waals surface area (Å²) in [6, 6.07) is 6.37. The van der Waals surface area contributed by atoms with Gasteiger partial charge in [-0.3, -0.25) is 14.5 Å². The standard InChI is InChI=1S/C17H15NO5/c19-13(20)8-23-12-5-3-11(4-6-12)18-16(21)14-9-1-2-10(7-9)15(14)17(18)22/h1-6,9-10,14-15H,7-8H2,(H,19,20)/t9-,10+,14-,15+. The van der Waals surface area contributed by atoms with E-state index < -0.39 is 12.6 Å². The predicted octanol–water partition coefficient (Wildman–Crippen LogP) is 1.46. The number of hydrogen-bond donors (Lipinski definition) is 1. The molecular weight excluding hydrogens is 298 g/mol. The van der Waals surface area contributed by atoms with E-state index in [-0.39, 0.29) is 35.5 Å². The molecule has 2 fully saturated rings. The second kappa shape index (κ2) is 4.94. The van der Waals surface area contributed by atoms with E-state index in [9.17, 15) is 14.4 Å². The van der Waals surface area contributed by atoms with Crippen molar-refractivity contribution in [3.63, 3.8) is 0 Å². The number of ether oxygens (including phenoxy) is 1. The summed E-state index contributed by atoms with van der Waals surface area (Å²) in [7, 11) is 0. The minimum Gasteiger partial charge on any atom is -0.482 e. The smallest absolute Gasteiger partial charge is 0.341 e. The molecule has 0 spiro atoms. The molecule has 1 aromatic carbocycles. The van der Waals surface area contributed by atoms with Crippen LogP contribution in [-0.4, -0.2) is 29.5 Å². The molecule has 6 heteroatoms. The van der Waals surface area contributed by atoms with E-state index in [1.165, 1.54) is 4.90 Å². The fraction of sp³-hybridized carbons (Fsp3) is 0.353. The Balaban J connectivity index is 1.56. The summed E-state index contributed by atoms with van der Waals surface area (Å²) in [5.41, 5.74) is 0.511. The van der Waals surface area contributed by atoms with Crippen molar-refractivity contribution in [3.05, 3.63) is 36.4 Å². The van der Waals surface area contributed by atoms with Crippen LogP contribution in [0.2, 0.25) is 0 Å². The first-order valence-corrected chi connectivity index (χ1v) is 7.57. The van der Waals surface area contributed by atoms with Crippen molar-refractivity contribution in [1.82, 2.24) is 0 Å². The topological polar surface area (TPSA) is 83.9 Å². The number of imide groups is 1. The SMILES string of the molecule is O=C(O)COc1ccc(N2C(=O)[C@@H]3[C@H](C2=O)[C@@H]2C=C[C@H]3C2)cc1. The van der Waals surface area contributed by atoms with Gasteiger partial charge in [0, 0.05) is 0 Å². The van der Waals surface area contributed by atoms with Crippen LogP contribution in [0.15, 0.2) is 36.4 Å². The minimum absolute atomic E-state index is 0.129. The van der Waals surface area contributed by atoms with Crippen molar-refractivity contribution in [2.75, 3.05) is 11.5 Å². The highest BCUT2D eigenvalue weighted by Gasteiger charge is 2.59. The molecule has 4 rings (SSSR count). The predicted molar refractivity (Wildman–Crippen MR) is 79.8 cm³/mol. The summed E-state index contributed by atoms with van der Waals surface area (Å²) in [5, 5.41) is 8.59. The molecule has 1 aromatic rings. The van der Waals surface area contributed by atoms with E-state index >= 15 is 0 Å². The van der Waals surface area contributed by atoms with E-state index in [1.54, 1.807) is 24.3 Å². The maximum Gasteiger partial charge on any atom is 0.341 e. The quantitative estimate of drug-likeness (QED) is 0.672. The molecule has 6 nitrogen and oxygen atoms in total. The van der Waals surface area contributed by atoms with Crippen LogP contribution >= 0.6 is 0 Å². The Morgan fingerprint density at radius 1 is 1.09 bits per heavy atom. The summed E-state index contributed by atoms with van der Waals surface area (Å²) < 4.78 is 5.06. The van der Waals surface area contributed by atoms with Crippen LogP contribution in [0.25, 0.3) is 0 Å². The van der Waals surface area contributed by atoms with Gasteiger partial charge < -0.3 is 9.84 Å². The van der Waals surface area contributed by atoms with Crippen LogP contribution in [-0.2, 0) is 14.4 Å². The van der Waals surface area contributed by atoms with Gasteiger partial charge in [0.25, 0.3) is 0 Å². The van der Waals surface area contributed by atoms with Gasteiger partial charge in [0.1, 0.15) is 5.75 Å². The monoisotopic (exact) mass is 313 g/mol. The Morgan fingerprint density at radius 2 is 1.65 bits per heavy atom. The minimum atomic E-state index is -1.06. The average molecular weight is 313 g/mol. The number of carboxylic acid groups (broad SMARTS) is 1. The van der Waals surface area contributed by atoms with Crippen molar-refractivity contribution >= 4 is 23.5 Å². The van der Waals surface area contributed by atoms with E-state index in [2.05, 4.69) is 12.2 Å². The number of fused-ring (bicyclic) bond motifs is 5. The van der Waals surface area contributed by atoms with E-state index in [4.69, 9.17) is 9.84 Å². The largest absolute Gasteiger partial charge is 0.482 e. The first-order chi connectivity index (χ1) is 11.1. The lowest BCUT2D eigenvalue weighted by Gasteiger charge is -2.17. The second-order valence-electron chi connectivity index (χ2n) is 6.19. The molecule has 0 aromatic heterocycles. The van der Waals surface area contributed by atoms with Crippen molar-refractivity contribution in [1.29, 1.82) is 0 Å². The molecule has 2 amide bonds. The van der Waals surface area contributed by atoms with Gasteiger partial charge in [-0.05, 0) is 42.5 Å². The molecule has 1 saturated carbocycles. The highest BCUT2D eigenvalue weighted by atomic mass is 16.5. The van der Waals surface area contributed by atoms with Crippen molar-refractivity contribution in [2.24, 2.45) is 23.7 Å². The average Bonchev–Trinajstić information content (AvgIpc) is 3.20. The van der Waals surface area contributed by atoms with Gasteiger partial charge in [-0.25, -0.2) is 4.79 Å². The van der Waals surface area contributed by atoms with E-state index in [0.717, 1.165) is 6.42 Å². The maximum absolute atomic E-state index is 12.6. The van der Waals surface area contributed by atoms with Gasteiger partial charge in [0.05, 0.1) is 17.5 Å². The lowest BCUT2D eigenvalue weighted by Crippen LogP contribution is -2.32. The van der Waals surface area contributed by atoms with Crippen LogP contribution in [0, 0.1) is 23.7 Å². The van der Waals surface area contributed by atoms with Crippen LogP contribution in [0.5, 0.6) is 5.75 Å². The normalized spacial score (nSPS) is 30.9. The number of carboxylic acids is 1. The zero-order valence-electron chi connectivity index (χ0n) is 12.2. The van der Waals surface area contributed by atoms with Gasteiger partial charge in [-0.15, -0.1) is 0 Å². The number of carbonyl (C=O) groups excluding carboxylic acids is 2. The Morgan fingerprint density at radius 3 is 2.17 bits per heavy atom. The third-order valence-corrected chi connectivity index (χ3v) is 4.93. The molecular formula is C17H15NO5. The molecule has 23 heavy (non-hydrogen) atoms. The summed E-state index contributed by atoms with van der Waals surface area (Å²) in [6.07, 6.45) is 5.02. The fourth-order valence-electron chi connectivity index (χ4n) is 3.99. The van der Waals surface area contributed by atoms with Gasteiger partial charge in [-0.2, -0.15) is 0 Å². The molecule has 1 aliphatic heterocycles. The molecule has 1 N–H and O–H groups in total. The lowest BCUT2D eigenvalue weighted by atomic mass is 9.85. The number of anilines is 1. The number of rotatable bonds is 4. The molecule has 3 aliphatic rings. The van der Waals surface area contributed by atoms with Gasteiger partial charge >= 0.3 is 5.97 Å². The van der Waals surface area contributed by atoms with Crippen molar-refractivity contribution in [3.8, 4) is 5.75 Å². The molecule has 118 valence electrons. The number of carbonyl (C=O) groups is 3. The van der Waals surface area contributed by atoms with Crippen LogP contribution < -0.4 is 9.64 Å². The van der Waals surface area contributed by atoms with Crippen LogP contribution in [0.3, 0.4) is 0 Å². The Hall–Kier alpha value is -2.63. The zero-order valence-corrected chi connectivity index (χ0v) is 12.2. The van der Waals surface area contributed by atoms with Gasteiger partial charge in [0.2, 0.25) is 11.8 Å². The number of hydrogen-bond acceptors (Lipinski definition) is 4. The molecule has 2 aliphatic carbocycles. The Kier molecular flexibility index (Phi) is 3.01. The Bertz CT molecular complexity index is 693. The molecule has 0 radical (unpaired) electrons. The summed E-state index contributed by atoms with van der Waals surface area (Å²) in [5.74, 6) is -1.01. The molecule has 2 bridgehead atoms. The first kappa shape index (κ1) is 14.0. The second-order valence-corrected chi connectivity index (χ2v) is 6.19. The third-order valence-electron chi connectivity index (χ3n) is 4.93. The molecule has 1 heterocycles. The zero-order chi connectivity index (χ0) is 16.1. The number of nitrogens with zero attached hydrogens (tertiary/aromatic N) is 1. The van der Waals surface area contributed by atoms with Gasteiger partial charge in [-0.1, -0.05) is 12.2 Å². The van der Waals surface area contributed by atoms with E-state index in [0.29, 0.717) is 11.4 Å². The summed E-state index contributed by atoms with van der Waals surface area (Å²) in [4.78, 5) is 37.1. The molecule has 1 saturated heterocycles.